The first-order chi connectivity index (χ1) is 4.79. The highest BCUT2D eigenvalue weighted by Crippen LogP contribution is 2.52. The fraction of sp³-hybridized carbons (Fsp3) is 0.900. The third kappa shape index (κ3) is 1.21. The molecule has 2 fully saturated rings. The molecule has 0 nitrogen and oxygen atoms in total. The van der Waals surface area contributed by atoms with Crippen molar-refractivity contribution in [2.75, 3.05) is 0 Å². The molecule has 2 aliphatic rings. The zero-order chi connectivity index (χ0) is 7.14. The van der Waals surface area contributed by atoms with Crippen molar-refractivity contribution in [1.82, 2.24) is 0 Å². The standard InChI is InChI=1S/C10H17/c1-7(2)10(8-3-4-8)9-5-6-9/h8-10H,3-6H2,1-2H3. The predicted octanol–water partition coefficient (Wildman–Crippen LogP) is 3.04. The van der Waals surface area contributed by atoms with E-state index in [1.807, 2.05) is 0 Å². The Bertz CT molecular complexity index is 103. The lowest BCUT2D eigenvalue weighted by atomic mass is 9.87. The van der Waals surface area contributed by atoms with Crippen LogP contribution in [-0.4, -0.2) is 0 Å². The molecule has 0 atom stereocenters. The topological polar surface area (TPSA) is 0 Å². The Morgan fingerprint density at radius 1 is 1.00 bits per heavy atom. The van der Waals surface area contributed by atoms with E-state index in [-0.39, 0.29) is 0 Å². The van der Waals surface area contributed by atoms with Crippen LogP contribution in [0.3, 0.4) is 0 Å². The van der Waals surface area contributed by atoms with Crippen molar-refractivity contribution in [3.8, 4) is 0 Å². The van der Waals surface area contributed by atoms with E-state index in [1.165, 1.54) is 25.7 Å². The molecule has 0 aliphatic heterocycles. The smallest absolute Gasteiger partial charge is 0.0267 e. The summed E-state index contributed by atoms with van der Waals surface area (Å²) >= 11 is 0. The molecule has 2 rings (SSSR count). The quantitative estimate of drug-likeness (QED) is 0.561. The lowest BCUT2D eigenvalue weighted by Crippen LogP contribution is -2.11. The van der Waals surface area contributed by atoms with Gasteiger partial charge in [0.05, 0.1) is 0 Å². The summed E-state index contributed by atoms with van der Waals surface area (Å²) in [6.45, 7) is 4.64. The molecule has 0 saturated heterocycles. The summed E-state index contributed by atoms with van der Waals surface area (Å²) in [6, 6.07) is 0. The lowest BCUT2D eigenvalue weighted by molar-refractivity contribution is 0.425. The molecule has 0 heterocycles. The van der Waals surface area contributed by atoms with E-state index in [0.717, 1.165) is 17.8 Å². The van der Waals surface area contributed by atoms with Crippen LogP contribution in [0.25, 0.3) is 0 Å². The largest absolute Gasteiger partial charge is 0.0591 e. The number of rotatable bonds is 3. The maximum Gasteiger partial charge on any atom is -0.0267 e. The minimum atomic E-state index is 1.03. The molecule has 2 aliphatic carbocycles. The summed E-state index contributed by atoms with van der Waals surface area (Å²) < 4.78 is 0. The van der Waals surface area contributed by atoms with Gasteiger partial charge in [-0.05, 0) is 49.4 Å². The van der Waals surface area contributed by atoms with Gasteiger partial charge in [-0.3, -0.25) is 0 Å². The van der Waals surface area contributed by atoms with Gasteiger partial charge in [0.15, 0.2) is 0 Å². The van der Waals surface area contributed by atoms with Crippen molar-refractivity contribution in [2.24, 2.45) is 17.8 Å². The normalized spacial score (nSPS) is 26.4. The summed E-state index contributed by atoms with van der Waals surface area (Å²) in [4.78, 5) is 0. The van der Waals surface area contributed by atoms with E-state index < -0.39 is 0 Å². The highest BCUT2D eigenvalue weighted by atomic mass is 14.5. The second-order valence-corrected chi connectivity index (χ2v) is 4.28. The summed E-state index contributed by atoms with van der Waals surface area (Å²) in [6.07, 6.45) is 6.08. The Morgan fingerprint density at radius 3 is 1.60 bits per heavy atom. The highest BCUT2D eigenvalue weighted by molar-refractivity contribution is 5.03. The van der Waals surface area contributed by atoms with E-state index in [2.05, 4.69) is 13.8 Å². The summed E-state index contributed by atoms with van der Waals surface area (Å²) in [5.74, 6) is 4.94. The van der Waals surface area contributed by atoms with Gasteiger partial charge in [-0.15, -0.1) is 0 Å². The van der Waals surface area contributed by atoms with Crippen LogP contribution >= 0.6 is 0 Å². The maximum atomic E-state index is 2.32. The van der Waals surface area contributed by atoms with Crippen LogP contribution in [0, 0.1) is 23.7 Å². The van der Waals surface area contributed by atoms with Gasteiger partial charge in [0.25, 0.3) is 0 Å². The average molecular weight is 137 g/mol. The highest BCUT2D eigenvalue weighted by Gasteiger charge is 2.42. The molecular formula is C10H17. The second-order valence-electron chi connectivity index (χ2n) is 4.28. The third-order valence-electron chi connectivity index (χ3n) is 2.93. The number of hydrogen-bond acceptors (Lipinski definition) is 0. The van der Waals surface area contributed by atoms with Crippen molar-refractivity contribution in [3.05, 3.63) is 5.92 Å². The van der Waals surface area contributed by atoms with Gasteiger partial charge in [0.2, 0.25) is 0 Å². The summed E-state index contributed by atoms with van der Waals surface area (Å²) in [7, 11) is 0. The predicted molar refractivity (Wildman–Crippen MR) is 43.5 cm³/mol. The molecule has 0 spiro atoms. The molecule has 0 N–H and O–H groups in total. The Morgan fingerprint density at radius 2 is 1.40 bits per heavy atom. The van der Waals surface area contributed by atoms with Crippen molar-refractivity contribution < 1.29 is 0 Å². The minimum absolute atomic E-state index is 1.03. The van der Waals surface area contributed by atoms with Gasteiger partial charge in [-0.25, -0.2) is 0 Å². The van der Waals surface area contributed by atoms with Crippen LogP contribution in [0.15, 0.2) is 0 Å². The third-order valence-corrected chi connectivity index (χ3v) is 2.93. The van der Waals surface area contributed by atoms with Crippen LogP contribution in [-0.2, 0) is 0 Å². The molecule has 0 bridgehead atoms. The molecule has 0 aromatic heterocycles. The fourth-order valence-electron chi connectivity index (χ4n) is 2.24. The van der Waals surface area contributed by atoms with E-state index in [1.54, 1.807) is 5.92 Å². The lowest BCUT2D eigenvalue weighted by Gasteiger charge is -2.18. The second kappa shape index (κ2) is 2.25. The molecule has 0 aromatic rings. The van der Waals surface area contributed by atoms with Gasteiger partial charge in [-0.2, -0.15) is 0 Å². The van der Waals surface area contributed by atoms with Gasteiger partial charge < -0.3 is 0 Å². The fourth-order valence-corrected chi connectivity index (χ4v) is 2.24. The Labute approximate surface area is 64.0 Å². The van der Waals surface area contributed by atoms with Crippen molar-refractivity contribution in [3.63, 3.8) is 0 Å². The summed E-state index contributed by atoms with van der Waals surface area (Å²) in [5, 5.41) is 0. The van der Waals surface area contributed by atoms with Gasteiger partial charge in [0, 0.05) is 0 Å². The zero-order valence-corrected chi connectivity index (χ0v) is 7.06. The zero-order valence-electron chi connectivity index (χ0n) is 7.06. The summed E-state index contributed by atoms with van der Waals surface area (Å²) in [5.41, 5.74) is 0. The molecule has 0 heteroatoms. The molecule has 0 amide bonds. The Hall–Kier alpha value is 0. The minimum Gasteiger partial charge on any atom is -0.0591 e. The van der Waals surface area contributed by atoms with Crippen molar-refractivity contribution in [1.29, 1.82) is 0 Å². The van der Waals surface area contributed by atoms with Gasteiger partial charge >= 0.3 is 0 Å². The van der Waals surface area contributed by atoms with E-state index >= 15 is 0 Å². The molecule has 57 valence electrons. The van der Waals surface area contributed by atoms with Crippen LogP contribution in [0.4, 0.5) is 0 Å². The van der Waals surface area contributed by atoms with Crippen molar-refractivity contribution >= 4 is 0 Å². The first kappa shape index (κ1) is 6.69. The Balaban J connectivity index is 1.92. The van der Waals surface area contributed by atoms with Gasteiger partial charge in [0.1, 0.15) is 0 Å². The van der Waals surface area contributed by atoms with Crippen LogP contribution < -0.4 is 0 Å². The van der Waals surface area contributed by atoms with E-state index in [9.17, 15) is 0 Å². The molecule has 0 aromatic carbocycles. The van der Waals surface area contributed by atoms with E-state index in [0.29, 0.717) is 0 Å². The van der Waals surface area contributed by atoms with Crippen LogP contribution in [0.1, 0.15) is 39.5 Å². The maximum absolute atomic E-state index is 2.32. The first-order valence-corrected chi connectivity index (χ1v) is 4.59. The van der Waals surface area contributed by atoms with Crippen LogP contribution in [0.2, 0.25) is 0 Å². The van der Waals surface area contributed by atoms with Crippen molar-refractivity contribution in [2.45, 2.75) is 39.5 Å². The van der Waals surface area contributed by atoms with Gasteiger partial charge in [-0.1, -0.05) is 13.8 Å². The van der Waals surface area contributed by atoms with E-state index in [4.69, 9.17) is 0 Å². The average Bonchev–Trinajstić information content (AvgIpc) is 2.49. The molecule has 10 heavy (non-hydrogen) atoms. The monoisotopic (exact) mass is 137 g/mol. The molecule has 2 saturated carbocycles. The number of hydrogen-bond donors (Lipinski definition) is 0. The SMILES string of the molecule is C[C](C)C(C1CC1)C1CC1. The molecular weight excluding hydrogens is 120 g/mol. The Kier molecular flexibility index (Phi) is 1.51. The molecule has 1 radical (unpaired) electrons. The first-order valence-electron chi connectivity index (χ1n) is 4.59. The molecule has 0 unspecified atom stereocenters. The van der Waals surface area contributed by atoms with Crippen LogP contribution in [0.5, 0.6) is 0 Å².